The molecule has 15 heteroatoms. The molecule has 3 atom stereocenters. The van der Waals surface area contributed by atoms with Crippen LogP contribution in [0.2, 0.25) is 0 Å². The minimum Gasteiger partial charge on any atom is -0.444 e. The van der Waals surface area contributed by atoms with Crippen molar-refractivity contribution in [2.24, 2.45) is 0 Å². The predicted octanol–water partition coefficient (Wildman–Crippen LogP) is 6.51. The number of hydrogen-bond acceptors (Lipinski definition) is 8. The third-order valence-corrected chi connectivity index (χ3v) is 8.25. The molecule has 4 aromatic rings. The van der Waals surface area contributed by atoms with Crippen molar-refractivity contribution in [3.8, 4) is 16.9 Å². The third kappa shape index (κ3) is 6.37. The van der Waals surface area contributed by atoms with Crippen molar-refractivity contribution in [2.75, 3.05) is 23.7 Å². The lowest BCUT2D eigenvalue weighted by molar-refractivity contribution is -0.147. The summed E-state index contributed by atoms with van der Waals surface area (Å²) in [6.45, 7) is 11.5. The lowest BCUT2D eigenvalue weighted by Crippen LogP contribution is -2.59. The zero-order valence-corrected chi connectivity index (χ0v) is 27.5. The standard InChI is InChI=1S/C33H36F5N7O3/c1-16-11-12-40-25(19(4)33(36,37)38)27(16)45-29-20(13-22(35)26(41-29)24-21(34)9-8-10-23(24)39)28(42-30(45)46)43-14-18(3)44(15-17(43)2)31(47)48-32(5,6)7/h8-13,17-19H,14-15,39H2,1-7H3. The maximum atomic E-state index is 16.0. The maximum absolute atomic E-state index is 16.0. The third-order valence-electron chi connectivity index (χ3n) is 8.25. The van der Waals surface area contributed by atoms with E-state index in [9.17, 15) is 22.8 Å². The van der Waals surface area contributed by atoms with Crippen LogP contribution >= 0.6 is 0 Å². The lowest BCUT2D eigenvalue weighted by Gasteiger charge is -2.44. The van der Waals surface area contributed by atoms with Crippen LogP contribution in [0, 0.1) is 18.6 Å². The van der Waals surface area contributed by atoms with Crippen molar-refractivity contribution in [1.82, 2.24) is 24.4 Å². The number of carbonyl (C=O) groups excluding carboxylic acids is 1. The SMILES string of the molecule is Cc1ccnc(C(C)C(F)(F)F)c1-n1c(=O)nc(N2CC(C)N(C(=O)OC(C)(C)C)CC2C)c2cc(F)c(-c3c(N)cccc3F)nc21. The first-order valence-corrected chi connectivity index (χ1v) is 15.3. The van der Waals surface area contributed by atoms with E-state index in [1.807, 2.05) is 0 Å². The summed E-state index contributed by atoms with van der Waals surface area (Å²) in [5.74, 6) is -4.03. The molecular weight excluding hydrogens is 637 g/mol. The molecular formula is C33H36F5N7O3. The monoisotopic (exact) mass is 673 g/mol. The van der Waals surface area contributed by atoms with Crippen molar-refractivity contribution in [2.45, 2.75) is 78.2 Å². The van der Waals surface area contributed by atoms with Crippen molar-refractivity contribution < 1.29 is 31.5 Å². The number of aryl methyl sites for hydroxylation is 1. The smallest absolute Gasteiger partial charge is 0.410 e. The van der Waals surface area contributed by atoms with E-state index in [0.29, 0.717) is 0 Å². The van der Waals surface area contributed by atoms with Gasteiger partial charge >= 0.3 is 18.0 Å². The number of fused-ring (bicyclic) bond motifs is 1. The average molecular weight is 674 g/mol. The molecule has 2 N–H and O–H groups in total. The topological polar surface area (TPSA) is 119 Å². The number of amides is 1. The molecule has 10 nitrogen and oxygen atoms in total. The lowest BCUT2D eigenvalue weighted by atomic mass is 10.0. The Morgan fingerprint density at radius 3 is 2.35 bits per heavy atom. The molecule has 1 saturated heterocycles. The molecule has 1 fully saturated rings. The Balaban J connectivity index is 1.79. The molecule has 3 aromatic heterocycles. The summed E-state index contributed by atoms with van der Waals surface area (Å²) in [5.41, 5.74) is 2.42. The first kappa shape index (κ1) is 34.5. The van der Waals surface area contributed by atoms with Crippen LogP contribution in [0.15, 0.2) is 41.3 Å². The number of nitrogens with zero attached hydrogens (tertiary/aromatic N) is 6. The van der Waals surface area contributed by atoms with Crippen LogP contribution in [0.4, 0.5) is 38.3 Å². The molecule has 3 unspecified atom stereocenters. The summed E-state index contributed by atoms with van der Waals surface area (Å²) in [4.78, 5) is 42.9. The average Bonchev–Trinajstić information content (AvgIpc) is 2.97. The van der Waals surface area contributed by atoms with Gasteiger partial charge in [0.2, 0.25) is 0 Å². The van der Waals surface area contributed by atoms with E-state index in [2.05, 4.69) is 15.0 Å². The Hall–Kier alpha value is -4.82. The molecule has 1 aliphatic rings. The van der Waals surface area contributed by atoms with Gasteiger partial charge in [-0.3, -0.25) is 4.98 Å². The Labute approximate surface area is 273 Å². The Bertz CT molecular complexity index is 1940. The molecule has 1 aromatic carbocycles. The Kier molecular flexibility index (Phi) is 8.86. The first-order chi connectivity index (χ1) is 22.3. The normalized spacial score (nSPS) is 17.9. The number of ether oxygens (including phenoxy) is 1. The van der Waals surface area contributed by atoms with E-state index in [0.717, 1.165) is 23.6 Å². The highest BCUT2D eigenvalue weighted by Gasteiger charge is 2.41. The molecule has 1 aliphatic heterocycles. The minimum atomic E-state index is -4.73. The van der Waals surface area contributed by atoms with Crippen molar-refractivity contribution >= 4 is 28.6 Å². The second-order valence-corrected chi connectivity index (χ2v) is 13.1. The highest BCUT2D eigenvalue weighted by molar-refractivity contribution is 5.91. The number of halogens is 5. The summed E-state index contributed by atoms with van der Waals surface area (Å²) in [7, 11) is 0. The fraction of sp³-hybridized carbons (Fsp3) is 0.424. The summed E-state index contributed by atoms with van der Waals surface area (Å²) in [6.07, 6.45) is -4.07. The van der Waals surface area contributed by atoms with Gasteiger partial charge in [-0.05, 0) is 78.3 Å². The van der Waals surface area contributed by atoms with E-state index >= 15 is 8.78 Å². The van der Waals surface area contributed by atoms with Crippen LogP contribution in [0.25, 0.3) is 28.0 Å². The summed E-state index contributed by atoms with van der Waals surface area (Å²) in [6, 6.07) is 5.23. The van der Waals surface area contributed by atoms with Gasteiger partial charge in [-0.2, -0.15) is 18.2 Å². The first-order valence-electron chi connectivity index (χ1n) is 15.3. The van der Waals surface area contributed by atoms with Crippen LogP contribution in [0.5, 0.6) is 0 Å². The number of carbonyl (C=O) groups is 1. The van der Waals surface area contributed by atoms with Crippen molar-refractivity contribution in [3.63, 3.8) is 0 Å². The molecule has 5 rings (SSSR count). The van der Waals surface area contributed by atoms with Gasteiger partial charge in [0, 0.05) is 37.1 Å². The molecule has 0 aliphatic carbocycles. The van der Waals surface area contributed by atoms with Gasteiger partial charge in [-0.15, -0.1) is 0 Å². The molecule has 0 saturated carbocycles. The molecule has 0 bridgehead atoms. The second-order valence-electron chi connectivity index (χ2n) is 13.1. The van der Waals surface area contributed by atoms with E-state index in [4.69, 9.17) is 10.5 Å². The zero-order chi connectivity index (χ0) is 35.5. The zero-order valence-electron chi connectivity index (χ0n) is 27.5. The van der Waals surface area contributed by atoms with Gasteiger partial charge in [0.25, 0.3) is 0 Å². The van der Waals surface area contributed by atoms with E-state index in [-0.39, 0.29) is 52.4 Å². The number of alkyl halides is 3. The van der Waals surface area contributed by atoms with Gasteiger partial charge in [-0.1, -0.05) is 6.07 Å². The minimum absolute atomic E-state index is 0.0131. The van der Waals surface area contributed by atoms with E-state index < -0.39 is 64.6 Å². The number of hydrogen-bond donors (Lipinski definition) is 1. The van der Waals surface area contributed by atoms with Crippen molar-refractivity contribution in [1.29, 1.82) is 0 Å². The largest absolute Gasteiger partial charge is 0.444 e. The summed E-state index contributed by atoms with van der Waals surface area (Å²) >= 11 is 0. The van der Waals surface area contributed by atoms with Gasteiger partial charge in [0.1, 0.15) is 22.9 Å². The quantitative estimate of drug-likeness (QED) is 0.192. The van der Waals surface area contributed by atoms with Gasteiger partial charge in [-0.25, -0.2) is 27.9 Å². The Morgan fingerprint density at radius 2 is 1.73 bits per heavy atom. The number of nitrogen functional groups attached to an aromatic ring is 1. The van der Waals surface area contributed by atoms with Crippen LogP contribution in [-0.4, -0.2) is 67.5 Å². The second kappa shape index (κ2) is 12.3. The molecule has 4 heterocycles. The molecule has 0 spiro atoms. The number of anilines is 2. The van der Waals surface area contributed by atoms with E-state index in [1.54, 1.807) is 39.5 Å². The molecule has 48 heavy (non-hydrogen) atoms. The van der Waals surface area contributed by atoms with Crippen molar-refractivity contribution in [3.05, 3.63) is 69.9 Å². The molecule has 256 valence electrons. The maximum Gasteiger partial charge on any atom is 0.410 e. The Morgan fingerprint density at radius 1 is 1.04 bits per heavy atom. The van der Waals surface area contributed by atoms with Gasteiger partial charge < -0.3 is 20.3 Å². The number of rotatable bonds is 4. The highest BCUT2D eigenvalue weighted by atomic mass is 19.4. The number of pyridine rings is 2. The summed E-state index contributed by atoms with van der Waals surface area (Å²) in [5, 5.41) is -0.0376. The number of aromatic nitrogens is 4. The molecule has 1 amide bonds. The van der Waals surface area contributed by atoms with Crippen LogP contribution in [0.1, 0.15) is 58.7 Å². The van der Waals surface area contributed by atoms with E-state index in [1.165, 1.54) is 36.2 Å². The van der Waals surface area contributed by atoms with Gasteiger partial charge in [0.15, 0.2) is 11.5 Å². The van der Waals surface area contributed by atoms with Crippen LogP contribution in [0.3, 0.4) is 0 Å². The summed E-state index contributed by atoms with van der Waals surface area (Å²) < 4.78 is 79.7. The van der Waals surface area contributed by atoms with Crippen LogP contribution < -0.4 is 16.3 Å². The number of nitrogens with two attached hydrogens (primary N) is 1. The molecule has 0 radical (unpaired) electrons. The fourth-order valence-corrected chi connectivity index (χ4v) is 5.82. The fourth-order valence-electron chi connectivity index (χ4n) is 5.82. The van der Waals surface area contributed by atoms with Crippen LogP contribution in [-0.2, 0) is 4.74 Å². The highest BCUT2D eigenvalue weighted by Crippen LogP contribution is 2.39. The van der Waals surface area contributed by atoms with Gasteiger partial charge in [0.05, 0.1) is 28.2 Å². The number of piperazine rings is 1. The predicted molar refractivity (Wildman–Crippen MR) is 171 cm³/mol. The number of benzene rings is 1.